The van der Waals surface area contributed by atoms with Crippen molar-refractivity contribution >= 4 is 40.1 Å². The summed E-state index contributed by atoms with van der Waals surface area (Å²) in [6, 6.07) is 19.1. The fourth-order valence-electron chi connectivity index (χ4n) is 3.94. The first-order chi connectivity index (χ1) is 14.1. The number of amides is 1. The van der Waals surface area contributed by atoms with Gasteiger partial charge in [0, 0.05) is 5.56 Å². The Hall–Kier alpha value is -2.82. The van der Waals surface area contributed by atoms with Gasteiger partial charge < -0.3 is 10.3 Å². The minimum atomic E-state index is -0.0967. The highest BCUT2D eigenvalue weighted by Gasteiger charge is 2.24. The molecule has 0 bridgehead atoms. The number of benzene rings is 3. The van der Waals surface area contributed by atoms with Gasteiger partial charge in [-0.05, 0) is 54.3 Å². The molecule has 0 radical (unpaired) electrons. The van der Waals surface area contributed by atoms with Gasteiger partial charge in [-0.1, -0.05) is 53.5 Å². The third-order valence-corrected chi connectivity index (χ3v) is 6.01. The number of fused-ring (bicyclic) bond motifs is 2. The zero-order valence-corrected chi connectivity index (χ0v) is 16.9. The quantitative estimate of drug-likeness (QED) is 0.428. The second-order valence-electron chi connectivity index (χ2n) is 7.18. The zero-order valence-electron chi connectivity index (χ0n) is 15.4. The number of nitrogens with one attached hydrogen (secondary N) is 2. The van der Waals surface area contributed by atoms with E-state index in [0.29, 0.717) is 27.0 Å². The number of hydrogen-bond donors (Lipinski definition) is 2. The average molecular weight is 422 g/mol. The number of carbonyl (C=O) groups is 1. The van der Waals surface area contributed by atoms with Crippen molar-refractivity contribution in [1.82, 2.24) is 15.3 Å². The highest BCUT2D eigenvalue weighted by atomic mass is 35.5. The van der Waals surface area contributed by atoms with E-state index < -0.39 is 0 Å². The van der Waals surface area contributed by atoms with Crippen LogP contribution in [-0.2, 0) is 6.42 Å². The molecule has 3 aromatic carbocycles. The maximum Gasteiger partial charge on any atom is 0.251 e. The number of aryl methyl sites for hydroxylation is 1. The molecule has 1 aromatic heterocycles. The van der Waals surface area contributed by atoms with Crippen molar-refractivity contribution < 1.29 is 4.79 Å². The molecule has 0 spiro atoms. The molecule has 4 nitrogen and oxygen atoms in total. The van der Waals surface area contributed by atoms with Crippen LogP contribution >= 0.6 is 23.2 Å². The van der Waals surface area contributed by atoms with Crippen LogP contribution in [0.3, 0.4) is 0 Å². The summed E-state index contributed by atoms with van der Waals surface area (Å²) in [7, 11) is 0. The second-order valence-corrected chi connectivity index (χ2v) is 7.99. The van der Waals surface area contributed by atoms with Crippen molar-refractivity contribution in [2.24, 2.45) is 0 Å². The summed E-state index contributed by atoms with van der Waals surface area (Å²) in [5, 5.41) is 4.20. The Morgan fingerprint density at radius 3 is 2.66 bits per heavy atom. The molecule has 2 N–H and O–H groups in total. The van der Waals surface area contributed by atoms with Gasteiger partial charge in [0.25, 0.3) is 5.91 Å². The number of hydrogen-bond acceptors (Lipinski definition) is 2. The molecule has 1 heterocycles. The molecular formula is C23H17Cl2N3O. The normalized spacial score (nSPS) is 15.4. The molecular weight excluding hydrogens is 405 g/mol. The van der Waals surface area contributed by atoms with Gasteiger partial charge in [-0.2, -0.15) is 0 Å². The maximum atomic E-state index is 12.9. The Labute approximate surface area is 177 Å². The Kier molecular flexibility index (Phi) is 4.53. The van der Waals surface area contributed by atoms with E-state index in [0.717, 1.165) is 23.9 Å². The molecule has 0 saturated carbocycles. The lowest BCUT2D eigenvalue weighted by atomic mass is 10.1. The van der Waals surface area contributed by atoms with Gasteiger partial charge >= 0.3 is 0 Å². The van der Waals surface area contributed by atoms with Crippen LogP contribution in [0.4, 0.5) is 0 Å². The molecule has 6 heteroatoms. The Bertz CT molecular complexity index is 1230. The molecule has 1 aliphatic carbocycles. The van der Waals surface area contributed by atoms with Crippen LogP contribution in [-0.4, -0.2) is 15.9 Å². The molecule has 1 atom stereocenters. The van der Waals surface area contributed by atoms with Crippen LogP contribution in [0.5, 0.6) is 0 Å². The van der Waals surface area contributed by atoms with Crippen molar-refractivity contribution in [1.29, 1.82) is 0 Å². The van der Waals surface area contributed by atoms with E-state index in [4.69, 9.17) is 23.2 Å². The first-order valence-electron chi connectivity index (χ1n) is 9.43. The van der Waals surface area contributed by atoms with Crippen molar-refractivity contribution in [2.75, 3.05) is 0 Å². The Morgan fingerprint density at radius 1 is 1.03 bits per heavy atom. The van der Waals surface area contributed by atoms with Crippen LogP contribution < -0.4 is 5.32 Å². The lowest BCUT2D eigenvalue weighted by Gasteiger charge is -2.14. The first-order valence-corrected chi connectivity index (χ1v) is 10.2. The van der Waals surface area contributed by atoms with E-state index in [1.54, 1.807) is 24.3 Å². The summed E-state index contributed by atoms with van der Waals surface area (Å²) in [5.41, 5.74) is 5.26. The Morgan fingerprint density at radius 2 is 1.83 bits per heavy atom. The van der Waals surface area contributed by atoms with E-state index in [1.807, 2.05) is 24.3 Å². The molecule has 4 aromatic rings. The van der Waals surface area contributed by atoms with Gasteiger partial charge in [0.2, 0.25) is 0 Å². The zero-order chi connectivity index (χ0) is 20.0. The summed E-state index contributed by atoms with van der Waals surface area (Å²) in [6.45, 7) is 0. The number of carbonyl (C=O) groups excluding carboxylic acids is 1. The van der Waals surface area contributed by atoms with Gasteiger partial charge in [-0.15, -0.1) is 0 Å². The largest absolute Gasteiger partial charge is 0.345 e. The number of H-pyrrole nitrogens is 1. The number of nitrogens with zero attached hydrogens (tertiary/aromatic N) is 1. The van der Waals surface area contributed by atoms with Crippen LogP contribution in [0.1, 0.15) is 33.9 Å². The summed E-state index contributed by atoms with van der Waals surface area (Å²) in [6.07, 6.45) is 1.91. The van der Waals surface area contributed by atoms with Crippen LogP contribution in [0, 0.1) is 0 Å². The molecule has 1 amide bonds. The predicted molar refractivity (Wildman–Crippen MR) is 117 cm³/mol. The number of imidazole rings is 1. The predicted octanol–water partition coefficient (Wildman–Crippen LogP) is 5.95. The second kappa shape index (κ2) is 7.21. The van der Waals surface area contributed by atoms with E-state index in [2.05, 4.69) is 27.4 Å². The van der Waals surface area contributed by atoms with Crippen molar-refractivity contribution in [3.05, 3.63) is 87.4 Å². The van der Waals surface area contributed by atoms with Crippen molar-refractivity contribution in [3.8, 4) is 11.4 Å². The van der Waals surface area contributed by atoms with Gasteiger partial charge in [-0.25, -0.2) is 4.98 Å². The van der Waals surface area contributed by atoms with Gasteiger partial charge in [0.15, 0.2) is 0 Å². The van der Waals surface area contributed by atoms with E-state index >= 15 is 0 Å². The molecule has 0 aliphatic heterocycles. The molecule has 0 fully saturated rings. The van der Waals surface area contributed by atoms with E-state index in [9.17, 15) is 4.79 Å². The highest BCUT2D eigenvalue weighted by molar-refractivity contribution is 6.39. The molecule has 1 unspecified atom stereocenters. The average Bonchev–Trinajstić information content (AvgIpc) is 3.31. The van der Waals surface area contributed by atoms with Crippen LogP contribution in [0.15, 0.2) is 60.7 Å². The third kappa shape index (κ3) is 3.28. The summed E-state index contributed by atoms with van der Waals surface area (Å²) in [4.78, 5) is 20.7. The van der Waals surface area contributed by atoms with Crippen LogP contribution in [0.25, 0.3) is 22.4 Å². The van der Waals surface area contributed by atoms with Crippen molar-refractivity contribution in [3.63, 3.8) is 0 Å². The number of aromatic amines is 1. The molecule has 144 valence electrons. The minimum absolute atomic E-state index is 0.0497. The minimum Gasteiger partial charge on any atom is -0.345 e. The molecule has 0 saturated heterocycles. The smallest absolute Gasteiger partial charge is 0.251 e. The summed E-state index contributed by atoms with van der Waals surface area (Å²) < 4.78 is 0. The number of rotatable bonds is 3. The topological polar surface area (TPSA) is 57.8 Å². The third-order valence-electron chi connectivity index (χ3n) is 5.38. The van der Waals surface area contributed by atoms with Crippen molar-refractivity contribution in [2.45, 2.75) is 18.9 Å². The Balaban J connectivity index is 1.44. The monoisotopic (exact) mass is 421 g/mol. The number of aromatic nitrogens is 2. The molecule has 29 heavy (non-hydrogen) atoms. The first kappa shape index (κ1) is 18.2. The van der Waals surface area contributed by atoms with Gasteiger partial charge in [-0.3, -0.25) is 4.79 Å². The fourth-order valence-corrected chi connectivity index (χ4v) is 4.52. The fraction of sp³-hybridized carbons (Fsp3) is 0.130. The lowest BCUT2D eigenvalue weighted by Crippen LogP contribution is -2.27. The van der Waals surface area contributed by atoms with Gasteiger partial charge in [0.1, 0.15) is 5.82 Å². The SMILES string of the molecule is O=C(NC1CCc2ccccc21)c1ccc2nc(-c3c(Cl)cccc3Cl)[nH]c2c1. The molecule has 5 rings (SSSR count). The van der Waals surface area contributed by atoms with E-state index in [1.165, 1.54) is 11.1 Å². The lowest BCUT2D eigenvalue weighted by molar-refractivity contribution is 0.0937. The summed E-state index contributed by atoms with van der Waals surface area (Å²) >= 11 is 12.6. The van der Waals surface area contributed by atoms with Gasteiger partial charge in [0.05, 0.1) is 32.7 Å². The number of halogens is 2. The molecule has 1 aliphatic rings. The highest BCUT2D eigenvalue weighted by Crippen LogP contribution is 2.34. The van der Waals surface area contributed by atoms with Crippen LogP contribution in [0.2, 0.25) is 10.0 Å². The standard InChI is InChI=1S/C23H17Cl2N3O/c24-16-6-3-7-17(25)21(16)22-26-19-11-9-14(12-20(19)27-22)23(29)28-18-10-8-13-4-1-2-5-15(13)18/h1-7,9,11-12,18H,8,10H2,(H,26,27)(H,28,29). The summed E-state index contributed by atoms with van der Waals surface area (Å²) in [5.74, 6) is 0.485. The van der Waals surface area contributed by atoms with E-state index in [-0.39, 0.29) is 11.9 Å². The maximum absolute atomic E-state index is 12.9.